The lowest BCUT2D eigenvalue weighted by atomic mass is 10.1. The second kappa shape index (κ2) is 7.26. The monoisotopic (exact) mass is 387 g/mol. The van der Waals surface area contributed by atoms with Gasteiger partial charge >= 0.3 is 0 Å². The smallest absolute Gasteiger partial charge is 0.170 e. The van der Waals surface area contributed by atoms with Crippen LogP contribution in [0, 0.1) is 0 Å². The molecule has 4 nitrogen and oxygen atoms in total. The summed E-state index contributed by atoms with van der Waals surface area (Å²) in [4.78, 5) is 3.47. The van der Waals surface area contributed by atoms with E-state index >= 15 is 0 Å². The minimum Gasteiger partial charge on any atom is -0.409 e. The molecule has 0 saturated heterocycles. The van der Waals surface area contributed by atoms with Crippen LogP contribution in [0.25, 0.3) is 0 Å². The standard InChI is InChI=1S/C14H15BrClN3OS/c1-19(7-12-5-11(15)8-21-12)6-10-3-2-9(4-13(10)16)14(17)18-20/h2-5,8,20H,6-7H2,1H3,(H2,17,18). The van der Waals surface area contributed by atoms with E-state index in [1.165, 1.54) is 4.88 Å². The molecule has 0 bridgehead atoms. The number of thiophene rings is 1. The van der Waals surface area contributed by atoms with Crippen LogP contribution >= 0.6 is 38.9 Å². The van der Waals surface area contributed by atoms with Gasteiger partial charge in [0.2, 0.25) is 0 Å². The first kappa shape index (κ1) is 16.3. The molecule has 7 heteroatoms. The van der Waals surface area contributed by atoms with Crippen molar-refractivity contribution in [2.75, 3.05) is 7.05 Å². The predicted molar refractivity (Wildman–Crippen MR) is 91.2 cm³/mol. The van der Waals surface area contributed by atoms with Crippen LogP contribution in [0.15, 0.2) is 39.3 Å². The fraction of sp³-hybridized carbons (Fsp3) is 0.214. The Balaban J connectivity index is 2.05. The van der Waals surface area contributed by atoms with Gasteiger partial charge in [0.15, 0.2) is 5.84 Å². The van der Waals surface area contributed by atoms with E-state index in [0.717, 1.165) is 23.1 Å². The molecular weight excluding hydrogens is 374 g/mol. The molecule has 21 heavy (non-hydrogen) atoms. The van der Waals surface area contributed by atoms with E-state index in [1.807, 2.05) is 13.1 Å². The van der Waals surface area contributed by atoms with Crippen molar-refractivity contribution < 1.29 is 5.21 Å². The van der Waals surface area contributed by atoms with Gasteiger partial charge in [0, 0.05) is 38.4 Å². The van der Waals surface area contributed by atoms with Gasteiger partial charge in [-0.15, -0.1) is 11.3 Å². The number of rotatable bonds is 5. The summed E-state index contributed by atoms with van der Waals surface area (Å²) >= 11 is 11.4. The summed E-state index contributed by atoms with van der Waals surface area (Å²) in [6, 6.07) is 7.52. The molecule has 1 aromatic carbocycles. The Hall–Kier alpha value is -1.08. The minimum atomic E-state index is 0.0558. The van der Waals surface area contributed by atoms with Crippen LogP contribution < -0.4 is 5.73 Å². The van der Waals surface area contributed by atoms with Gasteiger partial charge in [-0.25, -0.2) is 0 Å². The molecule has 0 aliphatic carbocycles. The molecule has 0 spiro atoms. The van der Waals surface area contributed by atoms with Crippen molar-refractivity contribution in [2.45, 2.75) is 13.1 Å². The van der Waals surface area contributed by atoms with Gasteiger partial charge in [-0.05, 0) is 40.7 Å². The summed E-state index contributed by atoms with van der Waals surface area (Å²) in [5.74, 6) is 0.0558. The molecule has 0 radical (unpaired) electrons. The topological polar surface area (TPSA) is 61.8 Å². The normalized spacial score (nSPS) is 12.1. The molecular formula is C14H15BrClN3OS. The van der Waals surface area contributed by atoms with Crippen LogP contribution in [0.5, 0.6) is 0 Å². The van der Waals surface area contributed by atoms with Crippen molar-refractivity contribution >= 4 is 44.7 Å². The van der Waals surface area contributed by atoms with Gasteiger partial charge < -0.3 is 10.9 Å². The maximum atomic E-state index is 8.67. The Morgan fingerprint density at radius 1 is 1.43 bits per heavy atom. The molecule has 0 atom stereocenters. The van der Waals surface area contributed by atoms with Crippen LogP contribution in [-0.2, 0) is 13.1 Å². The molecule has 112 valence electrons. The van der Waals surface area contributed by atoms with Crippen LogP contribution in [0.3, 0.4) is 0 Å². The molecule has 0 saturated carbocycles. The first-order valence-corrected chi connectivity index (χ1v) is 8.22. The van der Waals surface area contributed by atoms with Gasteiger partial charge in [0.05, 0.1) is 0 Å². The zero-order valence-corrected chi connectivity index (χ0v) is 14.5. The molecule has 1 heterocycles. The van der Waals surface area contributed by atoms with E-state index in [1.54, 1.807) is 23.5 Å². The number of amidine groups is 1. The highest BCUT2D eigenvalue weighted by atomic mass is 79.9. The molecule has 0 amide bonds. The van der Waals surface area contributed by atoms with E-state index in [2.05, 4.69) is 37.4 Å². The number of oxime groups is 1. The summed E-state index contributed by atoms with van der Waals surface area (Å²) < 4.78 is 1.11. The van der Waals surface area contributed by atoms with E-state index in [0.29, 0.717) is 10.6 Å². The van der Waals surface area contributed by atoms with Crippen LogP contribution in [0.4, 0.5) is 0 Å². The van der Waals surface area contributed by atoms with Gasteiger partial charge in [-0.2, -0.15) is 0 Å². The first-order valence-electron chi connectivity index (χ1n) is 6.17. The fourth-order valence-electron chi connectivity index (χ4n) is 1.94. The number of benzene rings is 1. The van der Waals surface area contributed by atoms with Gasteiger partial charge in [0.25, 0.3) is 0 Å². The largest absolute Gasteiger partial charge is 0.409 e. The lowest BCUT2D eigenvalue weighted by molar-refractivity contribution is 0.318. The highest BCUT2D eigenvalue weighted by Crippen LogP contribution is 2.23. The van der Waals surface area contributed by atoms with Crippen molar-refractivity contribution in [3.63, 3.8) is 0 Å². The number of hydrogen-bond donors (Lipinski definition) is 2. The Morgan fingerprint density at radius 2 is 2.19 bits per heavy atom. The minimum absolute atomic E-state index is 0.0558. The number of halogens is 2. The summed E-state index contributed by atoms with van der Waals surface area (Å²) in [7, 11) is 2.04. The number of hydrogen-bond acceptors (Lipinski definition) is 4. The third-order valence-corrected chi connectivity index (χ3v) is 4.98. The lowest BCUT2D eigenvalue weighted by Gasteiger charge is -2.17. The lowest BCUT2D eigenvalue weighted by Crippen LogP contribution is -2.17. The van der Waals surface area contributed by atoms with Crippen LogP contribution in [0.2, 0.25) is 5.02 Å². The average molecular weight is 389 g/mol. The maximum Gasteiger partial charge on any atom is 0.170 e. The maximum absolute atomic E-state index is 8.67. The predicted octanol–water partition coefficient (Wildman–Crippen LogP) is 3.89. The molecule has 0 aliphatic heterocycles. The summed E-state index contributed by atoms with van der Waals surface area (Å²) in [5.41, 5.74) is 7.16. The van der Waals surface area contributed by atoms with Crippen molar-refractivity contribution in [3.8, 4) is 0 Å². The van der Waals surface area contributed by atoms with E-state index in [4.69, 9.17) is 22.5 Å². The van der Waals surface area contributed by atoms with Crippen LogP contribution in [-0.4, -0.2) is 23.0 Å². The average Bonchev–Trinajstić information content (AvgIpc) is 2.85. The van der Waals surface area contributed by atoms with E-state index < -0.39 is 0 Å². The van der Waals surface area contributed by atoms with E-state index in [9.17, 15) is 0 Å². The zero-order valence-electron chi connectivity index (χ0n) is 11.4. The third-order valence-electron chi connectivity index (χ3n) is 2.94. The highest BCUT2D eigenvalue weighted by Gasteiger charge is 2.09. The van der Waals surface area contributed by atoms with Crippen molar-refractivity contribution in [1.29, 1.82) is 0 Å². The van der Waals surface area contributed by atoms with Crippen molar-refractivity contribution in [2.24, 2.45) is 10.9 Å². The zero-order chi connectivity index (χ0) is 15.4. The molecule has 2 rings (SSSR count). The fourth-order valence-corrected chi connectivity index (χ4v) is 3.71. The quantitative estimate of drug-likeness (QED) is 0.353. The molecule has 0 fully saturated rings. The summed E-state index contributed by atoms with van der Waals surface area (Å²) in [6.07, 6.45) is 0. The number of nitrogens with zero attached hydrogens (tertiary/aromatic N) is 2. The van der Waals surface area contributed by atoms with Crippen molar-refractivity contribution in [3.05, 3.63) is 55.1 Å². The van der Waals surface area contributed by atoms with Crippen LogP contribution in [0.1, 0.15) is 16.0 Å². The van der Waals surface area contributed by atoms with Crippen molar-refractivity contribution in [1.82, 2.24) is 4.90 Å². The molecule has 3 N–H and O–H groups in total. The first-order chi connectivity index (χ1) is 9.99. The second-order valence-corrected chi connectivity index (χ2v) is 7.01. The summed E-state index contributed by atoms with van der Waals surface area (Å²) in [5, 5.41) is 14.3. The van der Waals surface area contributed by atoms with Gasteiger partial charge in [0.1, 0.15) is 0 Å². The second-order valence-electron chi connectivity index (χ2n) is 4.69. The Kier molecular flexibility index (Phi) is 5.64. The Bertz CT molecular complexity index is 659. The highest BCUT2D eigenvalue weighted by molar-refractivity contribution is 9.10. The van der Waals surface area contributed by atoms with Gasteiger partial charge in [-0.3, -0.25) is 4.90 Å². The van der Waals surface area contributed by atoms with Gasteiger partial charge in [-0.1, -0.05) is 28.9 Å². The number of nitrogens with two attached hydrogens (primary N) is 1. The Morgan fingerprint density at radius 3 is 2.76 bits per heavy atom. The molecule has 0 aliphatic rings. The van der Waals surface area contributed by atoms with E-state index in [-0.39, 0.29) is 5.84 Å². The molecule has 0 unspecified atom stereocenters. The molecule has 1 aromatic heterocycles. The SMILES string of the molecule is CN(Cc1cc(Br)cs1)Cc1ccc(/C(N)=N/O)cc1Cl. The Labute approximate surface area is 141 Å². The third kappa shape index (κ3) is 4.44. The summed E-state index contributed by atoms with van der Waals surface area (Å²) in [6.45, 7) is 1.58. The molecule has 2 aromatic rings.